The minimum atomic E-state index is -0.310. The molecule has 2 rings (SSSR count). The van der Waals surface area contributed by atoms with E-state index >= 15 is 0 Å². The van der Waals surface area contributed by atoms with Crippen LogP contribution in [0.2, 0.25) is 5.02 Å². The fraction of sp³-hybridized carbons (Fsp3) is 0.611. The number of esters is 1. The molecule has 0 bridgehead atoms. The van der Waals surface area contributed by atoms with Crippen LogP contribution in [-0.4, -0.2) is 35.1 Å². The fourth-order valence-electron chi connectivity index (χ4n) is 3.58. The van der Waals surface area contributed by atoms with Crippen molar-refractivity contribution < 1.29 is 9.53 Å². The molecule has 1 aromatic carbocycles. The molecule has 0 amide bonds. The van der Waals surface area contributed by atoms with Crippen LogP contribution in [0.4, 0.5) is 0 Å². The molecule has 0 aliphatic carbocycles. The SMILES string of the molecule is CC1(C)CCCC(C)(C)N1CCOC(=O)c1cccc(Cl)c1. The Bertz CT molecular complexity index is 524. The Kier molecular flexibility index (Phi) is 5.18. The average Bonchev–Trinajstić information content (AvgIpc) is 2.41. The molecule has 0 radical (unpaired) electrons. The van der Waals surface area contributed by atoms with E-state index < -0.39 is 0 Å². The second-order valence-electron chi connectivity index (χ2n) is 7.28. The van der Waals surface area contributed by atoms with Crippen LogP contribution in [0, 0.1) is 0 Å². The molecule has 122 valence electrons. The molecule has 1 aliphatic heterocycles. The molecule has 0 atom stereocenters. The van der Waals surface area contributed by atoms with Gasteiger partial charge in [0.05, 0.1) is 5.56 Å². The number of hydrogen-bond acceptors (Lipinski definition) is 3. The van der Waals surface area contributed by atoms with E-state index in [1.165, 1.54) is 19.3 Å². The largest absolute Gasteiger partial charge is 0.461 e. The normalized spacial score (nSPS) is 20.6. The van der Waals surface area contributed by atoms with Crippen LogP contribution in [0.1, 0.15) is 57.3 Å². The summed E-state index contributed by atoms with van der Waals surface area (Å²) in [6.45, 7) is 10.2. The lowest BCUT2D eigenvalue weighted by Crippen LogP contribution is -2.59. The first kappa shape index (κ1) is 17.3. The molecular formula is C18H26ClNO2. The molecule has 3 nitrogen and oxygen atoms in total. The molecule has 1 saturated heterocycles. The highest BCUT2D eigenvalue weighted by molar-refractivity contribution is 6.30. The second kappa shape index (κ2) is 6.59. The molecule has 0 aromatic heterocycles. The van der Waals surface area contributed by atoms with E-state index in [4.69, 9.17) is 16.3 Å². The van der Waals surface area contributed by atoms with Crippen LogP contribution in [0.5, 0.6) is 0 Å². The zero-order valence-electron chi connectivity index (χ0n) is 14.0. The van der Waals surface area contributed by atoms with Crippen molar-refractivity contribution in [1.29, 1.82) is 0 Å². The van der Waals surface area contributed by atoms with Gasteiger partial charge in [0, 0.05) is 22.6 Å². The molecule has 1 fully saturated rings. The third kappa shape index (κ3) is 4.02. The van der Waals surface area contributed by atoms with Crippen molar-refractivity contribution in [2.24, 2.45) is 0 Å². The Labute approximate surface area is 138 Å². The van der Waals surface area contributed by atoms with E-state index in [1.807, 2.05) is 0 Å². The van der Waals surface area contributed by atoms with Gasteiger partial charge in [-0.1, -0.05) is 17.7 Å². The zero-order chi connectivity index (χ0) is 16.4. The topological polar surface area (TPSA) is 29.5 Å². The van der Waals surface area contributed by atoms with E-state index in [1.54, 1.807) is 24.3 Å². The van der Waals surface area contributed by atoms with Crippen molar-refractivity contribution in [2.45, 2.75) is 58.0 Å². The first-order valence-corrected chi connectivity index (χ1v) is 8.31. The Balaban J connectivity index is 1.93. The third-order valence-electron chi connectivity index (χ3n) is 4.65. The number of nitrogens with zero attached hydrogens (tertiary/aromatic N) is 1. The molecule has 0 N–H and O–H groups in total. The predicted octanol–water partition coefficient (Wildman–Crippen LogP) is 4.54. The highest BCUT2D eigenvalue weighted by Crippen LogP contribution is 2.37. The van der Waals surface area contributed by atoms with E-state index in [9.17, 15) is 4.79 Å². The maximum Gasteiger partial charge on any atom is 0.338 e. The van der Waals surface area contributed by atoms with Gasteiger partial charge in [-0.25, -0.2) is 4.79 Å². The van der Waals surface area contributed by atoms with Crippen LogP contribution < -0.4 is 0 Å². The summed E-state index contributed by atoms with van der Waals surface area (Å²) in [7, 11) is 0. The van der Waals surface area contributed by atoms with Crippen molar-refractivity contribution in [3.63, 3.8) is 0 Å². The molecule has 1 heterocycles. The van der Waals surface area contributed by atoms with E-state index in [0.717, 1.165) is 6.54 Å². The number of piperidine rings is 1. The van der Waals surface area contributed by atoms with Crippen LogP contribution >= 0.6 is 11.6 Å². The fourth-order valence-corrected chi connectivity index (χ4v) is 3.77. The van der Waals surface area contributed by atoms with Gasteiger partial charge >= 0.3 is 5.97 Å². The Morgan fingerprint density at radius 1 is 1.23 bits per heavy atom. The summed E-state index contributed by atoms with van der Waals surface area (Å²) in [5.74, 6) is -0.310. The lowest BCUT2D eigenvalue weighted by molar-refractivity contribution is -0.0402. The highest BCUT2D eigenvalue weighted by atomic mass is 35.5. The van der Waals surface area contributed by atoms with Crippen molar-refractivity contribution >= 4 is 17.6 Å². The molecule has 4 heteroatoms. The highest BCUT2D eigenvalue weighted by Gasteiger charge is 2.40. The summed E-state index contributed by atoms with van der Waals surface area (Å²) >= 11 is 5.90. The lowest BCUT2D eigenvalue weighted by Gasteiger charge is -2.52. The number of halogens is 1. The van der Waals surface area contributed by atoms with Gasteiger partial charge in [-0.2, -0.15) is 0 Å². The quantitative estimate of drug-likeness (QED) is 0.762. The number of hydrogen-bond donors (Lipinski definition) is 0. The summed E-state index contributed by atoms with van der Waals surface area (Å²) < 4.78 is 5.43. The first-order valence-electron chi connectivity index (χ1n) is 7.93. The Morgan fingerprint density at radius 2 is 1.86 bits per heavy atom. The van der Waals surface area contributed by atoms with Crippen molar-refractivity contribution in [2.75, 3.05) is 13.2 Å². The Morgan fingerprint density at radius 3 is 2.45 bits per heavy atom. The van der Waals surface area contributed by atoms with Gasteiger partial charge in [-0.3, -0.25) is 4.90 Å². The number of rotatable bonds is 4. The summed E-state index contributed by atoms with van der Waals surface area (Å²) in [5.41, 5.74) is 0.790. The maximum atomic E-state index is 12.1. The maximum absolute atomic E-state index is 12.1. The van der Waals surface area contributed by atoms with Gasteiger partial charge in [0.15, 0.2) is 0 Å². The summed E-state index contributed by atoms with van der Waals surface area (Å²) in [5, 5.41) is 0.549. The number of ether oxygens (including phenoxy) is 1. The zero-order valence-corrected chi connectivity index (χ0v) is 14.7. The first-order chi connectivity index (χ1) is 10.2. The lowest BCUT2D eigenvalue weighted by atomic mass is 9.80. The monoisotopic (exact) mass is 323 g/mol. The molecular weight excluding hydrogens is 298 g/mol. The molecule has 0 saturated carbocycles. The van der Waals surface area contributed by atoms with Crippen molar-refractivity contribution in [3.8, 4) is 0 Å². The minimum Gasteiger partial charge on any atom is -0.461 e. The van der Waals surface area contributed by atoms with Crippen molar-refractivity contribution in [1.82, 2.24) is 4.90 Å². The van der Waals surface area contributed by atoms with Crippen LogP contribution in [0.15, 0.2) is 24.3 Å². The smallest absolute Gasteiger partial charge is 0.338 e. The van der Waals surface area contributed by atoms with E-state index in [0.29, 0.717) is 17.2 Å². The van der Waals surface area contributed by atoms with E-state index in [2.05, 4.69) is 32.6 Å². The molecule has 1 aromatic rings. The van der Waals surface area contributed by atoms with Gasteiger partial charge in [0.2, 0.25) is 0 Å². The Hall–Kier alpha value is -1.06. The van der Waals surface area contributed by atoms with Crippen LogP contribution in [0.25, 0.3) is 0 Å². The number of carbonyl (C=O) groups is 1. The standard InChI is InChI=1S/C18H26ClNO2/c1-17(2)9-6-10-18(3,4)20(17)11-12-22-16(21)14-7-5-8-15(19)13-14/h5,7-8,13H,6,9-12H2,1-4H3. The summed E-state index contributed by atoms with van der Waals surface area (Å²) in [4.78, 5) is 14.5. The number of carbonyl (C=O) groups excluding carboxylic acids is 1. The second-order valence-corrected chi connectivity index (χ2v) is 7.71. The number of benzene rings is 1. The van der Waals surface area contributed by atoms with Crippen molar-refractivity contribution in [3.05, 3.63) is 34.9 Å². The van der Waals surface area contributed by atoms with Gasteiger partial charge in [0.25, 0.3) is 0 Å². The van der Waals surface area contributed by atoms with Gasteiger partial charge < -0.3 is 4.74 Å². The molecule has 22 heavy (non-hydrogen) atoms. The van der Waals surface area contributed by atoms with Crippen LogP contribution in [0.3, 0.4) is 0 Å². The molecule has 1 aliphatic rings. The summed E-state index contributed by atoms with van der Waals surface area (Å²) in [6, 6.07) is 6.87. The molecule has 0 spiro atoms. The van der Waals surface area contributed by atoms with E-state index in [-0.39, 0.29) is 17.0 Å². The van der Waals surface area contributed by atoms with Gasteiger partial charge in [0.1, 0.15) is 6.61 Å². The average molecular weight is 324 g/mol. The summed E-state index contributed by atoms with van der Waals surface area (Å²) in [6.07, 6.45) is 3.61. The van der Waals surface area contributed by atoms with Gasteiger partial charge in [-0.15, -0.1) is 0 Å². The predicted molar refractivity (Wildman–Crippen MR) is 90.4 cm³/mol. The minimum absolute atomic E-state index is 0.143. The van der Waals surface area contributed by atoms with Crippen LogP contribution in [-0.2, 0) is 4.74 Å². The number of likely N-dealkylation sites (tertiary alicyclic amines) is 1. The molecule has 0 unspecified atom stereocenters. The third-order valence-corrected chi connectivity index (χ3v) is 4.88. The van der Waals surface area contributed by atoms with Gasteiger partial charge in [-0.05, 0) is 65.2 Å².